The van der Waals surface area contributed by atoms with Crippen LogP contribution in [0, 0.1) is 0 Å². The van der Waals surface area contributed by atoms with E-state index in [1.165, 1.54) is 0 Å². The fourth-order valence-corrected chi connectivity index (χ4v) is 2.06. The predicted octanol–water partition coefficient (Wildman–Crippen LogP) is 1.59. The molecule has 1 heterocycles. The van der Waals surface area contributed by atoms with Crippen LogP contribution in [0.4, 0.5) is 0 Å². The topological polar surface area (TPSA) is 27.7 Å². The molecule has 18 heavy (non-hydrogen) atoms. The van der Waals surface area contributed by atoms with Gasteiger partial charge in [-0.05, 0) is 38.7 Å². The molecule has 0 atom stereocenters. The van der Waals surface area contributed by atoms with Gasteiger partial charge in [0.2, 0.25) is 10.5 Å². The Hall–Kier alpha value is -0.618. The third kappa shape index (κ3) is 2.54. The normalized spacial score (nSPS) is 21.3. The lowest BCUT2D eigenvalue weighted by Crippen LogP contribution is -2.41. The molecule has 1 fully saturated rings. The molecule has 95 valence electrons. The van der Waals surface area contributed by atoms with Gasteiger partial charge in [0, 0.05) is 0 Å². The van der Waals surface area contributed by atoms with Crippen molar-refractivity contribution in [2.24, 2.45) is 0 Å². The Balaban J connectivity index is 2.21. The van der Waals surface area contributed by atoms with Gasteiger partial charge >= 0.3 is 7.12 Å². The number of hydrogen-bond acceptors (Lipinski definition) is 3. The first-order valence-corrected chi connectivity index (χ1v) is 6.49. The Morgan fingerprint density at radius 1 is 1.17 bits per heavy atom. The first-order chi connectivity index (χ1) is 8.36. The van der Waals surface area contributed by atoms with Crippen molar-refractivity contribution in [3.8, 4) is 0 Å². The first-order valence-electron chi connectivity index (χ1n) is 6.09. The molecule has 3 radical (unpaired) electrons. The van der Waals surface area contributed by atoms with Crippen molar-refractivity contribution in [2.75, 3.05) is 0 Å². The molecule has 0 bridgehead atoms. The lowest BCUT2D eigenvalue weighted by Gasteiger charge is -2.32. The van der Waals surface area contributed by atoms with Crippen LogP contribution in [0.25, 0.3) is 0 Å². The van der Waals surface area contributed by atoms with Crippen molar-refractivity contribution >= 4 is 23.1 Å². The van der Waals surface area contributed by atoms with Gasteiger partial charge in [0.1, 0.15) is 0 Å². The van der Waals surface area contributed by atoms with E-state index >= 15 is 0 Å². The van der Waals surface area contributed by atoms with Crippen molar-refractivity contribution in [2.45, 2.75) is 45.5 Å². The van der Waals surface area contributed by atoms with Gasteiger partial charge in [0.25, 0.3) is 0 Å². The molecule has 1 saturated heterocycles. The Kier molecular flexibility index (Phi) is 3.69. The molecule has 0 unspecified atom stereocenters. The molecular formula is C13H18BO3Si. The zero-order valence-corrected chi connectivity index (χ0v) is 12.3. The summed E-state index contributed by atoms with van der Waals surface area (Å²) in [5.74, 6) is 0. The minimum absolute atomic E-state index is 0.306. The molecular weight excluding hydrogens is 243 g/mol. The molecule has 2 rings (SSSR count). The molecule has 0 aromatic heterocycles. The van der Waals surface area contributed by atoms with E-state index in [4.69, 9.17) is 13.7 Å². The zero-order chi connectivity index (χ0) is 13.4. The molecule has 0 spiro atoms. The molecule has 1 aromatic carbocycles. The Bertz CT molecular complexity index is 418. The maximum Gasteiger partial charge on any atom is 0.494 e. The summed E-state index contributed by atoms with van der Waals surface area (Å²) in [4.78, 5) is 0. The molecule has 0 saturated carbocycles. The third-order valence-corrected chi connectivity index (χ3v) is 3.86. The van der Waals surface area contributed by atoms with Crippen LogP contribution in [0.15, 0.2) is 24.3 Å². The Morgan fingerprint density at radius 2 is 1.78 bits per heavy atom. The fraction of sp³-hybridized carbons (Fsp3) is 0.538. The van der Waals surface area contributed by atoms with Gasteiger partial charge in [-0.1, -0.05) is 24.3 Å². The second-order valence-electron chi connectivity index (χ2n) is 5.62. The summed E-state index contributed by atoms with van der Waals surface area (Å²) in [7, 11) is 2.70. The van der Waals surface area contributed by atoms with E-state index in [-0.39, 0.29) is 18.3 Å². The molecule has 1 aromatic rings. The third-order valence-electron chi connectivity index (χ3n) is 3.72. The smallest absolute Gasteiger partial charge is 0.414 e. The quantitative estimate of drug-likeness (QED) is 0.773. The summed E-state index contributed by atoms with van der Waals surface area (Å²) in [5, 5.41) is 0. The molecule has 1 aliphatic rings. The minimum atomic E-state index is -0.315. The van der Waals surface area contributed by atoms with Crippen molar-refractivity contribution in [1.29, 1.82) is 0 Å². The molecule has 1 aliphatic heterocycles. The van der Waals surface area contributed by atoms with Crippen LogP contribution in [-0.4, -0.2) is 28.8 Å². The number of benzene rings is 1. The summed E-state index contributed by atoms with van der Waals surface area (Å²) < 4.78 is 17.0. The highest BCUT2D eigenvalue weighted by atomic mass is 28.2. The number of rotatable bonds is 3. The average molecular weight is 261 g/mol. The second-order valence-corrected chi connectivity index (χ2v) is 5.91. The van der Waals surface area contributed by atoms with Crippen LogP contribution in [0.1, 0.15) is 33.3 Å². The maximum atomic E-state index is 6.01. The highest BCUT2D eigenvalue weighted by Gasteiger charge is 2.51. The number of hydrogen-bond donors (Lipinski definition) is 0. The SMILES string of the molecule is CC1(C)OB(c2cccc(CO[Si])c2)OC1(C)C. The molecule has 0 amide bonds. The lowest BCUT2D eigenvalue weighted by molar-refractivity contribution is 0.00578. The standard InChI is InChI=1S/C13H18BO3Si/c1-12(2)13(3,4)17-14(16-12)11-7-5-6-10(8-11)9-15-18/h5-8H,9H2,1-4H3. The molecule has 3 nitrogen and oxygen atoms in total. The van der Waals surface area contributed by atoms with Gasteiger partial charge in [-0.3, -0.25) is 0 Å². The fourth-order valence-electron chi connectivity index (χ4n) is 1.89. The largest absolute Gasteiger partial charge is 0.494 e. The second kappa shape index (κ2) is 4.81. The van der Waals surface area contributed by atoms with E-state index in [0.29, 0.717) is 6.61 Å². The maximum absolute atomic E-state index is 6.01. The molecule has 0 aliphatic carbocycles. The predicted molar refractivity (Wildman–Crippen MR) is 72.7 cm³/mol. The summed E-state index contributed by atoms with van der Waals surface area (Å²) in [5.41, 5.74) is 1.49. The minimum Gasteiger partial charge on any atom is -0.414 e. The first kappa shape index (κ1) is 13.8. The van der Waals surface area contributed by atoms with Gasteiger partial charge in [-0.25, -0.2) is 0 Å². The summed E-state index contributed by atoms with van der Waals surface area (Å²) in [6.45, 7) is 8.73. The van der Waals surface area contributed by atoms with E-state index in [2.05, 4.69) is 38.2 Å². The molecule has 0 N–H and O–H groups in total. The van der Waals surface area contributed by atoms with Crippen LogP contribution >= 0.6 is 0 Å². The molecule has 5 heteroatoms. The van der Waals surface area contributed by atoms with Gasteiger partial charge < -0.3 is 13.7 Å². The van der Waals surface area contributed by atoms with Crippen LogP contribution in [-0.2, 0) is 20.3 Å². The average Bonchev–Trinajstić information content (AvgIpc) is 2.49. The zero-order valence-electron chi connectivity index (χ0n) is 11.3. The summed E-state index contributed by atoms with van der Waals surface area (Å²) in [6.07, 6.45) is 0. The Labute approximate surface area is 113 Å². The highest BCUT2D eigenvalue weighted by molar-refractivity contribution is 6.62. The van der Waals surface area contributed by atoms with Crippen LogP contribution in [0.5, 0.6) is 0 Å². The van der Waals surface area contributed by atoms with E-state index in [1.54, 1.807) is 0 Å². The lowest BCUT2D eigenvalue weighted by atomic mass is 9.78. The van der Waals surface area contributed by atoms with Gasteiger partial charge in [0.15, 0.2) is 0 Å². The van der Waals surface area contributed by atoms with Crippen molar-refractivity contribution in [1.82, 2.24) is 0 Å². The van der Waals surface area contributed by atoms with Gasteiger partial charge in [-0.15, -0.1) is 0 Å². The Morgan fingerprint density at radius 3 is 2.33 bits per heavy atom. The van der Waals surface area contributed by atoms with E-state index in [0.717, 1.165) is 11.0 Å². The summed E-state index contributed by atoms with van der Waals surface area (Å²) >= 11 is 0. The van der Waals surface area contributed by atoms with Gasteiger partial charge in [-0.2, -0.15) is 0 Å². The van der Waals surface area contributed by atoms with Crippen molar-refractivity contribution in [3.05, 3.63) is 29.8 Å². The van der Waals surface area contributed by atoms with E-state index in [9.17, 15) is 0 Å². The van der Waals surface area contributed by atoms with E-state index in [1.807, 2.05) is 24.3 Å². The highest BCUT2D eigenvalue weighted by Crippen LogP contribution is 2.36. The van der Waals surface area contributed by atoms with Crippen molar-refractivity contribution in [3.63, 3.8) is 0 Å². The van der Waals surface area contributed by atoms with Gasteiger partial charge in [0.05, 0.1) is 17.8 Å². The van der Waals surface area contributed by atoms with E-state index < -0.39 is 0 Å². The van der Waals surface area contributed by atoms with Crippen LogP contribution < -0.4 is 5.46 Å². The van der Waals surface area contributed by atoms with Crippen LogP contribution in [0.2, 0.25) is 0 Å². The summed E-state index contributed by atoms with van der Waals surface area (Å²) in [6, 6.07) is 8.05. The van der Waals surface area contributed by atoms with Crippen LogP contribution in [0.3, 0.4) is 0 Å². The van der Waals surface area contributed by atoms with Crippen molar-refractivity contribution < 1.29 is 13.7 Å². The monoisotopic (exact) mass is 261 g/mol.